The summed E-state index contributed by atoms with van der Waals surface area (Å²) in [5.41, 5.74) is 0.249. The molecule has 0 bridgehead atoms. The maximum absolute atomic E-state index is 13.4. The number of rotatable bonds is 3. The van der Waals surface area contributed by atoms with Gasteiger partial charge in [-0.3, -0.25) is 9.71 Å². The smallest absolute Gasteiger partial charge is 0.262 e. The molecule has 0 unspecified atom stereocenters. The molecule has 0 aliphatic carbocycles. The molecule has 0 saturated carbocycles. The number of sulfonamides is 1. The van der Waals surface area contributed by atoms with E-state index in [-0.39, 0.29) is 17.2 Å². The molecule has 2 aromatic rings. The summed E-state index contributed by atoms with van der Waals surface area (Å²) in [7, 11) is -3.93. The summed E-state index contributed by atoms with van der Waals surface area (Å²) in [4.78, 5) is 3.49. The Morgan fingerprint density at radius 3 is 2.86 bits per heavy atom. The highest BCUT2D eigenvalue weighted by molar-refractivity contribution is 7.92. The van der Waals surface area contributed by atoms with E-state index in [0.717, 1.165) is 6.20 Å². The van der Waals surface area contributed by atoms with Gasteiger partial charge in [0.05, 0.1) is 16.8 Å². The van der Waals surface area contributed by atoms with Crippen molar-refractivity contribution in [2.45, 2.75) is 4.90 Å². The molecule has 2 N–H and O–H groups in total. The first-order valence-corrected chi connectivity index (χ1v) is 7.33. The molecule has 5 nitrogen and oxygen atoms in total. The number of nitrogens with one attached hydrogen (secondary N) is 1. The standard InChI is InChI=1S/C14H11FN2O3S/c15-13-10-16-7-6-14(13)17-21(19,20)12-5-1-3-11(9-12)4-2-8-18/h1,3,5-7,9-10,18H,8H2,(H,16,17). The van der Waals surface area contributed by atoms with Crippen LogP contribution in [0.5, 0.6) is 0 Å². The van der Waals surface area contributed by atoms with Crippen LogP contribution in [0.3, 0.4) is 0 Å². The Hall–Kier alpha value is -2.43. The van der Waals surface area contributed by atoms with Gasteiger partial charge in [-0.05, 0) is 24.3 Å². The molecular formula is C14H11FN2O3S. The van der Waals surface area contributed by atoms with Crippen LogP contribution in [0.1, 0.15) is 5.56 Å². The van der Waals surface area contributed by atoms with Crippen LogP contribution in [-0.2, 0) is 10.0 Å². The molecule has 1 heterocycles. The Labute approximate surface area is 121 Å². The second-order valence-electron chi connectivity index (χ2n) is 3.95. The Balaban J connectivity index is 2.34. The van der Waals surface area contributed by atoms with Gasteiger partial charge in [-0.2, -0.15) is 0 Å². The average Bonchev–Trinajstić information content (AvgIpc) is 2.48. The number of anilines is 1. The number of pyridine rings is 1. The lowest BCUT2D eigenvalue weighted by Gasteiger charge is -2.08. The summed E-state index contributed by atoms with van der Waals surface area (Å²) in [6.07, 6.45) is 2.20. The minimum absolute atomic E-state index is 0.0524. The molecule has 0 fully saturated rings. The average molecular weight is 306 g/mol. The van der Waals surface area contributed by atoms with Gasteiger partial charge >= 0.3 is 0 Å². The molecule has 1 aromatic carbocycles. The topological polar surface area (TPSA) is 79.3 Å². The molecule has 0 spiro atoms. The maximum Gasteiger partial charge on any atom is 0.262 e. The van der Waals surface area contributed by atoms with Crippen LogP contribution < -0.4 is 4.72 Å². The van der Waals surface area contributed by atoms with E-state index in [4.69, 9.17) is 5.11 Å². The minimum Gasteiger partial charge on any atom is -0.384 e. The van der Waals surface area contributed by atoms with Gasteiger partial charge in [-0.15, -0.1) is 0 Å². The van der Waals surface area contributed by atoms with Gasteiger partial charge in [0.25, 0.3) is 10.0 Å². The third-order valence-corrected chi connectivity index (χ3v) is 3.84. The third-order valence-electron chi connectivity index (χ3n) is 2.47. The van der Waals surface area contributed by atoms with Crippen molar-refractivity contribution in [3.8, 4) is 11.8 Å². The predicted molar refractivity (Wildman–Crippen MR) is 75.4 cm³/mol. The van der Waals surface area contributed by atoms with Crippen LogP contribution in [0.2, 0.25) is 0 Å². The molecule has 21 heavy (non-hydrogen) atoms. The quantitative estimate of drug-likeness (QED) is 0.839. The van der Waals surface area contributed by atoms with Crippen molar-refractivity contribution in [2.75, 3.05) is 11.3 Å². The lowest BCUT2D eigenvalue weighted by atomic mass is 10.2. The monoisotopic (exact) mass is 306 g/mol. The van der Waals surface area contributed by atoms with Gasteiger partial charge in [0, 0.05) is 11.8 Å². The number of nitrogens with zero attached hydrogens (tertiary/aromatic N) is 1. The number of hydrogen-bond acceptors (Lipinski definition) is 4. The highest BCUT2D eigenvalue weighted by atomic mass is 32.2. The van der Waals surface area contributed by atoms with Crippen molar-refractivity contribution in [1.29, 1.82) is 0 Å². The molecule has 1 aromatic heterocycles. The summed E-state index contributed by atoms with van der Waals surface area (Å²) in [5.74, 6) is 4.26. The predicted octanol–water partition coefficient (Wildman–Crippen LogP) is 1.37. The van der Waals surface area contributed by atoms with Crippen molar-refractivity contribution in [2.24, 2.45) is 0 Å². The van der Waals surface area contributed by atoms with Crippen LogP contribution in [0, 0.1) is 17.7 Å². The summed E-state index contributed by atoms with van der Waals surface area (Å²) in [5, 5.41) is 8.63. The number of aromatic nitrogens is 1. The zero-order valence-electron chi connectivity index (χ0n) is 10.7. The second-order valence-corrected chi connectivity index (χ2v) is 5.63. The summed E-state index contributed by atoms with van der Waals surface area (Å²) in [6, 6.07) is 7.05. The first kappa shape index (κ1) is 15.0. The Morgan fingerprint density at radius 2 is 2.14 bits per heavy atom. The number of halogens is 1. The molecule has 0 aliphatic rings. The van der Waals surface area contributed by atoms with Gasteiger partial charge in [0.1, 0.15) is 6.61 Å². The van der Waals surface area contributed by atoms with Crippen molar-refractivity contribution in [3.05, 3.63) is 54.1 Å². The SMILES string of the molecule is O=S(=O)(Nc1ccncc1F)c1cccc(C#CCO)c1. The molecule has 2 rings (SSSR count). The molecule has 0 saturated heterocycles. The van der Waals surface area contributed by atoms with Crippen molar-refractivity contribution in [3.63, 3.8) is 0 Å². The van der Waals surface area contributed by atoms with Crippen LogP contribution in [0.15, 0.2) is 47.6 Å². The number of aliphatic hydroxyl groups is 1. The Morgan fingerprint density at radius 1 is 1.33 bits per heavy atom. The highest BCUT2D eigenvalue weighted by Crippen LogP contribution is 2.18. The lowest BCUT2D eigenvalue weighted by Crippen LogP contribution is -2.14. The van der Waals surface area contributed by atoms with Gasteiger partial charge in [0.15, 0.2) is 5.82 Å². The van der Waals surface area contributed by atoms with E-state index in [0.29, 0.717) is 5.56 Å². The number of hydrogen-bond donors (Lipinski definition) is 2. The van der Waals surface area contributed by atoms with E-state index in [9.17, 15) is 12.8 Å². The van der Waals surface area contributed by atoms with Crippen LogP contribution in [-0.4, -0.2) is 25.1 Å². The van der Waals surface area contributed by atoms with E-state index >= 15 is 0 Å². The van der Waals surface area contributed by atoms with Crippen molar-refractivity contribution < 1.29 is 17.9 Å². The zero-order chi connectivity index (χ0) is 15.3. The first-order valence-electron chi connectivity index (χ1n) is 5.85. The molecule has 0 atom stereocenters. The summed E-state index contributed by atoms with van der Waals surface area (Å²) in [6.45, 7) is -0.322. The first-order chi connectivity index (χ1) is 10.0. The summed E-state index contributed by atoms with van der Waals surface area (Å²) >= 11 is 0. The normalized spacial score (nSPS) is 10.6. The fourth-order valence-electron chi connectivity index (χ4n) is 1.54. The lowest BCUT2D eigenvalue weighted by molar-refractivity contribution is 0.350. The number of benzene rings is 1. The third kappa shape index (κ3) is 3.78. The second kappa shape index (κ2) is 6.35. The van der Waals surface area contributed by atoms with Crippen molar-refractivity contribution in [1.82, 2.24) is 4.98 Å². The Kier molecular flexibility index (Phi) is 4.52. The van der Waals surface area contributed by atoms with E-state index in [1.165, 1.54) is 30.5 Å². The maximum atomic E-state index is 13.4. The fraction of sp³-hybridized carbons (Fsp3) is 0.0714. The molecule has 108 valence electrons. The van der Waals surface area contributed by atoms with Gasteiger partial charge in [-0.1, -0.05) is 17.9 Å². The molecule has 0 amide bonds. The van der Waals surface area contributed by atoms with Gasteiger partial charge in [0.2, 0.25) is 0 Å². The molecule has 0 radical (unpaired) electrons. The van der Waals surface area contributed by atoms with Crippen LogP contribution in [0.4, 0.5) is 10.1 Å². The summed E-state index contributed by atoms with van der Waals surface area (Å²) < 4.78 is 40.0. The van der Waals surface area contributed by atoms with Crippen LogP contribution >= 0.6 is 0 Å². The van der Waals surface area contributed by atoms with E-state index in [2.05, 4.69) is 21.5 Å². The molecule has 7 heteroatoms. The number of aliphatic hydroxyl groups excluding tert-OH is 1. The minimum atomic E-state index is -3.93. The van der Waals surface area contributed by atoms with Gasteiger partial charge in [-0.25, -0.2) is 12.8 Å². The molecular weight excluding hydrogens is 295 g/mol. The van der Waals surface area contributed by atoms with E-state index < -0.39 is 15.8 Å². The van der Waals surface area contributed by atoms with Gasteiger partial charge < -0.3 is 5.11 Å². The highest BCUT2D eigenvalue weighted by Gasteiger charge is 2.16. The molecule has 0 aliphatic heterocycles. The zero-order valence-corrected chi connectivity index (χ0v) is 11.6. The van der Waals surface area contributed by atoms with E-state index in [1.54, 1.807) is 6.07 Å². The van der Waals surface area contributed by atoms with E-state index in [1.807, 2.05) is 0 Å². The van der Waals surface area contributed by atoms with Crippen LogP contribution in [0.25, 0.3) is 0 Å². The largest absolute Gasteiger partial charge is 0.384 e. The Bertz CT molecular complexity index is 810. The fourth-order valence-corrected chi connectivity index (χ4v) is 2.66. The van der Waals surface area contributed by atoms with Crippen molar-refractivity contribution >= 4 is 15.7 Å².